The molecular formula is C28H51I2N2O+. The van der Waals surface area contributed by atoms with Gasteiger partial charge < -0.3 is 9.80 Å². The molecule has 0 rings (SSSR count). The number of amides is 1. The van der Waals surface area contributed by atoms with Crippen LogP contribution in [0.2, 0.25) is 0 Å². The van der Waals surface area contributed by atoms with E-state index in [1.54, 1.807) is 0 Å². The molecule has 0 aliphatic carbocycles. The Hall–Kier alpha value is 0.110. The van der Waals surface area contributed by atoms with E-state index in [9.17, 15) is 4.79 Å². The van der Waals surface area contributed by atoms with E-state index in [1.807, 2.05) is 0 Å². The number of carbonyl (C=O) groups excluding carboxylic acids is 1. The van der Waals surface area contributed by atoms with Gasteiger partial charge in [0, 0.05) is 3.42 Å². The van der Waals surface area contributed by atoms with Crippen molar-refractivity contribution in [2.24, 2.45) is 0 Å². The van der Waals surface area contributed by atoms with E-state index in [4.69, 9.17) is 0 Å². The van der Waals surface area contributed by atoms with E-state index < -0.39 is 0 Å². The molecule has 0 saturated heterocycles. The van der Waals surface area contributed by atoms with E-state index in [0.717, 1.165) is 75.7 Å². The largest absolute Gasteiger partial charge is 0.349 e. The second kappa shape index (κ2) is 17.5. The Morgan fingerprint density at radius 2 is 1.39 bits per heavy atom. The summed E-state index contributed by atoms with van der Waals surface area (Å²) in [5.41, 5.74) is 4.35. The molecule has 33 heavy (non-hydrogen) atoms. The minimum atomic E-state index is -0.0488. The maximum atomic E-state index is 12.8. The van der Waals surface area contributed by atoms with Gasteiger partial charge in [0.1, 0.15) is 3.92 Å². The molecule has 1 amide bonds. The van der Waals surface area contributed by atoms with Crippen molar-refractivity contribution in [2.45, 2.75) is 101 Å². The smallest absolute Gasteiger partial charge is 0.234 e. The van der Waals surface area contributed by atoms with Crippen LogP contribution in [0.5, 0.6) is 0 Å². The number of alkyl halides is 2. The highest BCUT2D eigenvalue weighted by molar-refractivity contribution is 14.1. The van der Waals surface area contributed by atoms with Gasteiger partial charge >= 0.3 is 0 Å². The van der Waals surface area contributed by atoms with Crippen LogP contribution in [0.25, 0.3) is 0 Å². The fourth-order valence-corrected chi connectivity index (χ4v) is 5.12. The van der Waals surface area contributed by atoms with Crippen molar-refractivity contribution < 1.29 is 9.28 Å². The van der Waals surface area contributed by atoms with Crippen molar-refractivity contribution in [3.05, 3.63) is 34.9 Å². The van der Waals surface area contributed by atoms with Gasteiger partial charge in [0.2, 0.25) is 5.91 Å². The molecule has 192 valence electrons. The monoisotopic (exact) mass is 685 g/mol. The molecule has 0 fully saturated rings. The van der Waals surface area contributed by atoms with Gasteiger partial charge in [0.05, 0.1) is 32.7 Å². The molecule has 0 aromatic heterocycles. The van der Waals surface area contributed by atoms with Crippen LogP contribution >= 0.6 is 45.2 Å². The lowest BCUT2D eigenvalue weighted by Gasteiger charge is -2.36. The fraction of sp³-hybridized carbons (Fsp3) is 0.750. The van der Waals surface area contributed by atoms with Gasteiger partial charge in [-0.05, 0) is 93.9 Å². The average molecular weight is 686 g/mol. The number of nitrogens with zero attached hydrogens (tertiary/aromatic N) is 1. The number of carbonyl (C=O) groups is 1. The van der Waals surface area contributed by atoms with Gasteiger partial charge in [-0.3, -0.25) is 4.79 Å². The third-order valence-corrected chi connectivity index (χ3v) is 11.2. The quantitative estimate of drug-likeness (QED) is 0.0712. The summed E-state index contributed by atoms with van der Waals surface area (Å²) in [6, 6.07) is 0. The Balaban J connectivity index is 4.48. The van der Waals surface area contributed by atoms with Gasteiger partial charge in [0.15, 0.2) is 0 Å². The normalized spacial score (nSPS) is 15.7. The predicted octanol–water partition coefficient (Wildman–Crippen LogP) is 8.18. The maximum absolute atomic E-state index is 12.8. The number of allylic oxidation sites excluding steroid dienone is 6. The van der Waals surface area contributed by atoms with E-state index in [1.165, 1.54) is 16.7 Å². The first-order valence-corrected chi connectivity index (χ1v) is 15.2. The molecule has 0 aromatic carbocycles. The van der Waals surface area contributed by atoms with E-state index >= 15 is 0 Å². The Bertz CT molecular complexity index is 649. The predicted molar refractivity (Wildman–Crippen MR) is 165 cm³/mol. The number of quaternary nitrogens is 1. The molecular weight excluding hydrogens is 634 g/mol. The van der Waals surface area contributed by atoms with E-state index in [-0.39, 0.29) is 13.3 Å². The minimum Gasteiger partial charge on any atom is -0.349 e. The molecule has 5 heteroatoms. The molecule has 2 unspecified atom stereocenters. The molecule has 2 atom stereocenters. The van der Waals surface area contributed by atoms with Crippen LogP contribution in [0.4, 0.5) is 0 Å². The fourth-order valence-electron chi connectivity index (χ4n) is 3.99. The number of halogens is 2. The van der Waals surface area contributed by atoms with Crippen LogP contribution in [0.3, 0.4) is 0 Å². The van der Waals surface area contributed by atoms with Gasteiger partial charge in [-0.2, -0.15) is 0 Å². The van der Waals surface area contributed by atoms with Crippen molar-refractivity contribution in [3.8, 4) is 0 Å². The highest BCUT2D eigenvalue weighted by Crippen LogP contribution is 2.34. The number of nitrogens with one attached hydrogen (secondary N) is 1. The summed E-state index contributed by atoms with van der Waals surface area (Å²) in [5.74, 6) is 0.184. The summed E-state index contributed by atoms with van der Waals surface area (Å²) in [6.07, 6.45) is 13.7. The first kappa shape index (κ1) is 33.1. The van der Waals surface area contributed by atoms with Gasteiger partial charge in [-0.25, -0.2) is 0 Å². The highest BCUT2D eigenvalue weighted by atomic mass is 127. The van der Waals surface area contributed by atoms with E-state index in [2.05, 4.69) is 124 Å². The molecule has 0 saturated carbocycles. The Labute approximate surface area is 233 Å². The van der Waals surface area contributed by atoms with Crippen molar-refractivity contribution in [2.75, 3.05) is 32.7 Å². The molecule has 0 aliphatic heterocycles. The third-order valence-electron chi connectivity index (χ3n) is 6.91. The molecule has 0 radical (unpaired) electrons. The van der Waals surface area contributed by atoms with Crippen LogP contribution in [0.15, 0.2) is 34.9 Å². The molecule has 0 aliphatic rings. The van der Waals surface area contributed by atoms with Gasteiger partial charge in [-0.1, -0.05) is 80.1 Å². The number of likely N-dealkylation sites (N-methyl/N-ethyl adjacent to an activating group) is 1. The van der Waals surface area contributed by atoms with E-state index in [0.29, 0.717) is 0 Å². The molecule has 0 heterocycles. The van der Waals surface area contributed by atoms with Crippen molar-refractivity contribution >= 4 is 51.1 Å². The Morgan fingerprint density at radius 1 is 0.909 bits per heavy atom. The molecule has 0 bridgehead atoms. The maximum Gasteiger partial charge on any atom is 0.234 e. The van der Waals surface area contributed by atoms with Crippen LogP contribution in [-0.4, -0.2) is 50.5 Å². The summed E-state index contributed by atoms with van der Waals surface area (Å²) >= 11 is 4.84. The first-order chi connectivity index (χ1) is 15.4. The Morgan fingerprint density at radius 3 is 1.88 bits per heavy atom. The lowest BCUT2D eigenvalue weighted by Crippen LogP contribution is -2.52. The summed E-state index contributed by atoms with van der Waals surface area (Å²) in [4.78, 5) is 12.8. The topological polar surface area (TPSA) is 29.1 Å². The first-order valence-electron chi connectivity index (χ1n) is 12.8. The lowest BCUT2D eigenvalue weighted by molar-refractivity contribution is -0.922. The molecule has 3 nitrogen and oxygen atoms in total. The van der Waals surface area contributed by atoms with Crippen LogP contribution in [0, 0.1) is 0 Å². The lowest BCUT2D eigenvalue weighted by atomic mass is 9.99. The minimum absolute atomic E-state index is 0.0254. The zero-order valence-electron chi connectivity index (χ0n) is 22.7. The summed E-state index contributed by atoms with van der Waals surface area (Å²) in [7, 11) is 0. The second-order valence-corrected chi connectivity index (χ2v) is 13.7. The second-order valence-electron chi connectivity index (χ2n) is 9.94. The molecule has 0 aromatic rings. The zero-order chi connectivity index (χ0) is 25.5. The summed E-state index contributed by atoms with van der Waals surface area (Å²) in [5, 5.41) is 3.21. The van der Waals surface area contributed by atoms with Crippen LogP contribution in [0.1, 0.15) is 93.9 Å². The SMILES string of the molecule is CC[N+](CC)(CC)CCNC(=O)C(I)C(C)(I)CCC=C(C)CCC=C(C)CCC=C(C)C. The summed E-state index contributed by atoms with van der Waals surface area (Å²) in [6.45, 7) is 22.9. The number of hydrogen-bond acceptors (Lipinski definition) is 1. The molecule has 0 spiro atoms. The van der Waals surface area contributed by atoms with Crippen LogP contribution < -0.4 is 5.32 Å². The van der Waals surface area contributed by atoms with Gasteiger partial charge in [-0.15, -0.1) is 0 Å². The summed E-state index contributed by atoms with van der Waals surface area (Å²) < 4.78 is 0.997. The Kier molecular flexibility index (Phi) is 17.6. The number of rotatable bonds is 17. The van der Waals surface area contributed by atoms with Gasteiger partial charge in [0.25, 0.3) is 0 Å². The van der Waals surface area contributed by atoms with Crippen molar-refractivity contribution in [1.82, 2.24) is 5.32 Å². The van der Waals surface area contributed by atoms with Crippen molar-refractivity contribution in [1.29, 1.82) is 0 Å². The molecule has 1 N–H and O–H groups in total. The van der Waals surface area contributed by atoms with Crippen molar-refractivity contribution in [3.63, 3.8) is 0 Å². The highest BCUT2D eigenvalue weighted by Gasteiger charge is 2.34. The third kappa shape index (κ3) is 14.3. The van der Waals surface area contributed by atoms with Crippen LogP contribution in [-0.2, 0) is 4.79 Å². The zero-order valence-corrected chi connectivity index (χ0v) is 27.0. The standard InChI is InChI=1S/C28H50I2N2O/c1-9-32(10-2,11-3)22-21-31-27(33)26(29)28(8,30)20-14-19-25(7)18-13-17-24(6)16-12-15-23(4)5/h15,17,19,26H,9-14,16,18,20-22H2,1-8H3/p+1. The average Bonchev–Trinajstić information content (AvgIpc) is 2.76. The number of hydrogen-bond donors (Lipinski definition) is 1.